The fraction of sp³-hybridized carbons (Fsp3) is 0.333. The number of benzene rings is 1. The highest BCUT2D eigenvalue weighted by atomic mass is 19.1. The monoisotopic (exact) mass is 395 g/mol. The van der Waals surface area contributed by atoms with Gasteiger partial charge in [0.05, 0.1) is 6.04 Å². The van der Waals surface area contributed by atoms with Gasteiger partial charge in [-0.15, -0.1) is 0 Å². The largest absolute Gasteiger partial charge is 0.341 e. The maximum absolute atomic E-state index is 13.6. The van der Waals surface area contributed by atoms with Crippen LogP contribution < -0.4 is 0 Å². The molecule has 2 aromatic rings. The first-order valence-electron chi connectivity index (χ1n) is 9.39. The summed E-state index contributed by atoms with van der Waals surface area (Å²) in [6.45, 7) is 3.18. The van der Waals surface area contributed by atoms with E-state index < -0.39 is 17.7 Å². The lowest BCUT2D eigenvalue weighted by atomic mass is 9.82. The number of pyridine rings is 1. The van der Waals surface area contributed by atoms with Crippen LogP contribution in [0, 0.1) is 28.9 Å². The van der Waals surface area contributed by atoms with E-state index >= 15 is 0 Å². The molecule has 1 aromatic heterocycles. The van der Waals surface area contributed by atoms with Crippen LogP contribution in [0.1, 0.15) is 42.1 Å². The van der Waals surface area contributed by atoms with Gasteiger partial charge >= 0.3 is 6.03 Å². The molecule has 0 radical (unpaired) electrons. The fourth-order valence-electron chi connectivity index (χ4n) is 3.84. The molecular formula is C21H19F2N5O. The van der Waals surface area contributed by atoms with Crippen LogP contribution in [0.2, 0.25) is 0 Å². The lowest BCUT2D eigenvalue weighted by Crippen LogP contribution is -2.55. The molecule has 148 valence electrons. The van der Waals surface area contributed by atoms with Gasteiger partial charge in [-0.2, -0.15) is 10.4 Å². The number of aromatic nitrogens is 1. The minimum absolute atomic E-state index is 0.171. The summed E-state index contributed by atoms with van der Waals surface area (Å²) in [5.74, 6) is -0.925. The van der Waals surface area contributed by atoms with E-state index in [4.69, 9.17) is 5.26 Å². The number of rotatable bonds is 3. The van der Waals surface area contributed by atoms with E-state index in [9.17, 15) is 13.6 Å². The Morgan fingerprint density at radius 2 is 1.97 bits per heavy atom. The molecule has 2 aliphatic rings. The first kappa shape index (κ1) is 19.0. The molecule has 0 unspecified atom stereocenters. The third-order valence-electron chi connectivity index (χ3n) is 5.61. The number of halogens is 2. The zero-order valence-electron chi connectivity index (χ0n) is 15.8. The molecule has 29 heavy (non-hydrogen) atoms. The van der Waals surface area contributed by atoms with Gasteiger partial charge in [0.15, 0.2) is 0 Å². The number of hydrogen-bond acceptors (Lipinski definition) is 4. The lowest BCUT2D eigenvalue weighted by Gasteiger charge is -2.44. The quantitative estimate of drug-likeness (QED) is 0.793. The molecule has 8 heteroatoms. The smallest absolute Gasteiger partial charge is 0.322 e. The van der Waals surface area contributed by atoms with Crippen molar-refractivity contribution in [3.05, 3.63) is 65.0 Å². The van der Waals surface area contributed by atoms with E-state index in [2.05, 4.69) is 17.0 Å². The second kappa shape index (κ2) is 7.59. The van der Waals surface area contributed by atoms with Gasteiger partial charge in [-0.3, -0.25) is 0 Å². The number of nitriles is 1. The van der Waals surface area contributed by atoms with Crippen molar-refractivity contribution in [2.75, 3.05) is 13.1 Å². The molecule has 1 fully saturated rings. The number of carbonyl (C=O) groups is 1. The molecule has 0 N–H and O–H groups in total. The summed E-state index contributed by atoms with van der Waals surface area (Å²) in [5, 5.41) is 14.4. The Labute approximate surface area is 167 Å². The normalized spacial score (nSPS) is 19.7. The van der Waals surface area contributed by atoms with Crippen LogP contribution in [0.3, 0.4) is 0 Å². The van der Waals surface area contributed by atoms with Gasteiger partial charge in [0.1, 0.15) is 23.4 Å². The second-order valence-electron chi connectivity index (χ2n) is 7.42. The highest BCUT2D eigenvalue weighted by molar-refractivity contribution is 5.79. The predicted octanol–water partition coefficient (Wildman–Crippen LogP) is 3.82. The van der Waals surface area contributed by atoms with Gasteiger partial charge in [0.25, 0.3) is 0 Å². The fourth-order valence-corrected chi connectivity index (χ4v) is 3.84. The second-order valence-corrected chi connectivity index (χ2v) is 7.42. The van der Waals surface area contributed by atoms with Crippen molar-refractivity contribution in [1.29, 1.82) is 5.26 Å². The number of likely N-dealkylation sites (tertiary alicyclic amines) is 1. The predicted molar refractivity (Wildman–Crippen MR) is 102 cm³/mol. The SMILES string of the molecule is C[C@H](c1ccnc(C#N)c1)C1CN(C(=O)N2N=CC[C@H]2c2cc(F)cc(F)c2)C1. The Morgan fingerprint density at radius 1 is 1.24 bits per heavy atom. The summed E-state index contributed by atoms with van der Waals surface area (Å²) < 4.78 is 27.2. The number of carbonyl (C=O) groups excluding carboxylic acids is 1. The zero-order chi connectivity index (χ0) is 20.5. The van der Waals surface area contributed by atoms with E-state index in [1.165, 1.54) is 17.1 Å². The third kappa shape index (κ3) is 3.68. The number of urea groups is 1. The number of hydrazone groups is 1. The van der Waals surface area contributed by atoms with Crippen molar-refractivity contribution in [2.24, 2.45) is 11.0 Å². The molecule has 3 heterocycles. The van der Waals surface area contributed by atoms with Crippen LogP contribution in [0.5, 0.6) is 0 Å². The first-order valence-corrected chi connectivity index (χ1v) is 9.39. The van der Waals surface area contributed by atoms with Crippen LogP contribution in [-0.4, -0.2) is 40.2 Å². The van der Waals surface area contributed by atoms with Gasteiger partial charge in [0.2, 0.25) is 0 Å². The van der Waals surface area contributed by atoms with Gasteiger partial charge in [-0.25, -0.2) is 23.6 Å². The first-order chi connectivity index (χ1) is 14.0. The van der Waals surface area contributed by atoms with Crippen molar-refractivity contribution in [2.45, 2.75) is 25.3 Å². The van der Waals surface area contributed by atoms with E-state index in [0.29, 0.717) is 30.8 Å². The molecule has 0 spiro atoms. The molecular weight excluding hydrogens is 376 g/mol. The minimum Gasteiger partial charge on any atom is -0.322 e. The summed E-state index contributed by atoms with van der Waals surface area (Å²) in [4.78, 5) is 18.6. The number of hydrogen-bond donors (Lipinski definition) is 0. The van der Waals surface area contributed by atoms with E-state index in [-0.39, 0.29) is 17.9 Å². The molecule has 0 bridgehead atoms. The Bertz CT molecular complexity index is 992. The maximum Gasteiger partial charge on any atom is 0.341 e. The van der Waals surface area contributed by atoms with Crippen LogP contribution in [-0.2, 0) is 0 Å². The average Bonchev–Trinajstić information content (AvgIpc) is 3.16. The Balaban J connectivity index is 1.42. The van der Waals surface area contributed by atoms with Crippen LogP contribution in [0.15, 0.2) is 41.6 Å². The zero-order valence-corrected chi connectivity index (χ0v) is 15.8. The molecule has 2 atom stereocenters. The maximum atomic E-state index is 13.6. The van der Waals surface area contributed by atoms with Crippen molar-refractivity contribution in [1.82, 2.24) is 14.9 Å². The molecule has 1 aromatic carbocycles. The summed E-state index contributed by atoms with van der Waals surface area (Å²) >= 11 is 0. The summed E-state index contributed by atoms with van der Waals surface area (Å²) in [6.07, 6.45) is 3.62. The average molecular weight is 395 g/mol. The van der Waals surface area contributed by atoms with Crippen LogP contribution in [0.25, 0.3) is 0 Å². The topological polar surface area (TPSA) is 72.6 Å². The molecule has 4 rings (SSSR count). The molecule has 2 aliphatic heterocycles. The third-order valence-corrected chi connectivity index (χ3v) is 5.61. The summed E-state index contributed by atoms with van der Waals surface area (Å²) in [5.41, 5.74) is 1.78. The van der Waals surface area contributed by atoms with E-state index in [1.54, 1.807) is 23.4 Å². The Morgan fingerprint density at radius 3 is 2.66 bits per heavy atom. The standard InChI is InChI=1S/C21H19F2N5O/c1-13(14-2-4-25-19(8-14)10-24)16-11-27(12-16)21(29)28-20(3-5-26-28)15-6-17(22)9-18(23)7-15/h2,4-9,13,16,20H,3,11-12H2,1H3/t13-,20+/m1/s1. The molecule has 2 amide bonds. The molecule has 0 saturated carbocycles. The highest BCUT2D eigenvalue weighted by Gasteiger charge is 2.40. The van der Waals surface area contributed by atoms with Crippen molar-refractivity contribution >= 4 is 12.2 Å². The van der Waals surface area contributed by atoms with E-state index in [1.807, 2.05) is 12.1 Å². The van der Waals surface area contributed by atoms with Gasteiger partial charge in [-0.1, -0.05) is 6.92 Å². The number of nitrogens with zero attached hydrogens (tertiary/aromatic N) is 5. The molecule has 1 saturated heterocycles. The van der Waals surface area contributed by atoms with Crippen LogP contribution in [0.4, 0.5) is 13.6 Å². The van der Waals surface area contributed by atoms with Crippen molar-refractivity contribution in [3.8, 4) is 6.07 Å². The van der Waals surface area contributed by atoms with Gasteiger partial charge in [0, 0.05) is 43.9 Å². The summed E-state index contributed by atoms with van der Waals surface area (Å²) in [7, 11) is 0. The highest BCUT2D eigenvalue weighted by Crippen LogP contribution is 2.35. The lowest BCUT2D eigenvalue weighted by molar-refractivity contribution is 0.0745. The van der Waals surface area contributed by atoms with Gasteiger partial charge in [-0.05, 0) is 41.3 Å². The molecule has 0 aliphatic carbocycles. The summed E-state index contributed by atoms with van der Waals surface area (Å²) in [6, 6.07) is 8.19. The van der Waals surface area contributed by atoms with E-state index in [0.717, 1.165) is 11.6 Å². The Hall–Kier alpha value is -3.34. The number of amides is 2. The minimum atomic E-state index is -0.675. The van der Waals surface area contributed by atoms with Crippen molar-refractivity contribution < 1.29 is 13.6 Å². The van der Waals surface area contributed by atoms with Crippen LogP contribution >= 0.6 is 0 Å². The Kier molecular flexibility index (Phi) is 4.97. The molecule has 6 nitrogen and oxygen atoms in total. The van der Waals surface area contributed by atoms with Gasteiger partial charge < -0.3 is 4.90 Å². The van der Waals surface area contributed by atoms with Crippen molar-refractivity contribution in [3.63, 3.8) is 0 Å².